The highest BCUT2D eigenvalue weighted by Crippen LogP contribution is 2.13. The summed E-state index contributed by atoms with van der Waals surface area (Å²) in [5.41, 5.74) is 1.06. The largest absolute Gasteiger partial charge is 0.477 e. The molecule has 0 saturated heterocycles. The number of carbonyl (C=O) groups is 1. The summed E-state index contributed by atoms with van der Waals surface area (Å²) in [6, 6.07) is 12.7. The average Bonchev–Trinajstić information content (AvgIpc) is 2.61. The third-order valence-electron chi connectivity index (χ3n) is 3.62. The number of fused-ring (bicyclic) bond motifs is 1. The summed E-state index contributed by atoms with van der Waals surface area (Å²) in [5, 5.41) is 9.44. The Morgan fingerprint density at radius 3 is 2.67 bits per heavy atom. The SMILES string of the molecule is CCn1cc(C(=O)O)c(=O)c2ccc(C=Nc3ccccc3)nc21. The number of hydrogen-bond donors (Lipinski definition) is 1. The molecule has 0 aliphatic heterocycles. The van der Waals surface area contributed by atoms with Crippen LogP contribution in [0.1, 0.15) is 23.0 Å². The van der Waals surface area contributed by atoms with Crippen LogP contribution in [-0.4, -0.2) is 26.8 Å². The van der Waals surface area contributed by atoms with Gasteiger partial charge in [0.25, 0.3) is 0 Å². The smallest absolute Gasteiger partial charge is 0.341 e. The van der Waals surface area contributed by atoms with E-state index >= 15 is 0 Å². The Kier molecular flexibility index (Phi) is 4.20. The minimum atomic E-state index is -1.24. The van der Waals surface area contributed by atoms with Crippen molar-refractivity contribution < 1.29 is 9.90 Å². The van der Waals surface area contributed by atoms with Crippen LogP contribution in [0.4, 0.5) is 5.69 Å². The Hall–Kier alpha value is -3.28. The molecule has 2 heterocycles. The second-order valence-electron chi connectivity index (χ2n) is 5.16. The summed E-state index contributed by atoms with van der Waals surface area (Å²) in [4.78, 5) is 32.2. The van der Waals surface area contributed by atoms with Crippen molar-refractivity contribution in [2.45, 2.75) is 13.5 Å². The van der Waals surface area contributed by atoms with Crippen LogP contribution in [-0.2, 0) is 6.54 Å². The zero-order chi connectivity index (χ0) is 17.1. The Morgan fingerprint density at radius 2 is 2.00 bits per heavy atom. The number of hydrogen-bond acceptors (Lipinski definition) is 4. The lowest BCUT2D eigenvalue weighted by Gasteiger charge is -2.09. The summed E-state index contributed by atoms with van der Waals surface area (Å²) >= 11 is 0. The third kappa shape index (κ3) is 2.94. The lowest BCUT2D eigenvalue weighted by molar-refractivity contribution is 0.0695. The van der Waals surface area contributed by atoms with Crippen molar-refractivity contribution in [1.29, 1.82) is 0 Å². The van der Waals surface area contributed by atoms with Gasteiger partial charge in [0.1, 0.15) is 11.2 Å². The van der Waals surface area contributed by atoms with E-state index in [0.717, 1.165) is 5.69 Å². The number of carboxylic acid groups (broad SMARTS) is 1. The van der Waals surface area contributed by atoms with Crippen LogP contribution >= 0.6 is 0 Å². The standard InChI is InChI=1S/C18H15N3O3/c1-2-21-11-15(18(23)24)16(22)14-9-8-13(20-17(14)21)10-19-12-6-4-3-5-7-12/h3-11H,2H2,1H3,(H,23,24). The number of nitrogens with zero attached hydrogens (tertiary/aromatic N) is 3. The van der Waals surface area contributed by atoms with Gasteiger partial charge in [-0.1, -0.05) is 18.2 Å². The number of carboxylic acids is 1. The normalized spacial score (nSPS) is 11.2. The maximum Gasteiger partial charge on any atom is 0.341 e. The molecule has 3 aromatic rings. The van der Waals surface area contributed by atoms with E-state index in [9.17, 15) is 9.59 Å². The lowest BCUT2D eigenvalue weighted by atomic mass is 10.2. The van der Waals surface area contributed by atoms with Crippen molar-refractivity contribution in [2.75, 3.05) is 0 Å². The Morgan fingerprint density at radius 1 is 1.25 bits per heavy atom. The quantitative estimate of drug-likeness (QED) is 0.749. The summed E-state index contributed by atoms with van der Waals surface area (Å²) in [5.74, 6) is -1.24. The fraction of sp³-hybridized carbons (Fsp3) is 0.111. The third-order valence-corrected chi connectivity index (χ3v) is 3.62. The molecular formula is C18H15N3O3. The van der Waals surface area contributed by atoms with E-state index in [-0.39, 0.29) is 10.9 Å². The van der Waals surface area contributed by atoms with Gasteiger partial charge in [-0.15, -0.1) is 0 Å². The van der Waals surface area contributed by atoms with E-state index < -0.39 is 11.4 Å². The Balaban J connectivity index is 2.11. The highest BCUT2D eigenvalue weighted by Gasteiger charge is 2.14. The molecule has 0 aliphatic carbocycles. The number of pyridine rings is 2. The molecule has 0 unspecified atom stereocenters. The number of para-hydroxylation sites is 1. The summed E-state index contributed by atoms with van der Waals surface area (Å²) in [6.45, 7) is 2.37. The van der Waals surface area contributed by atoms with Crippen molar-refractivity contribution in [2.24, 2.45) is 4.99 Å². The van der Waals surface area contributed by atoms with Gasteiger partial charge in [0.05, 0.1) is 23.0 Å². The summed E-state index contributed by atoms with van der Waals surface area (Å²) in [7, 11) is 0. The molecule has 0 radical (unpaired) electrons. The maximum atomic E-state index is 12.3. The van der Waals surface area contributed by atoms with Gasteiger partial charge in [0, 0.05) is 12.7 Å². The highest BCUT2D eigenvalue weighted by atomic mass is 16.4. The molecule has 6 nitrogen and oxygen atoms in total. The minimum absolute atomic E-state index is 0.253. The Labute approximate surface area is 137 Å². The fourth-order valence-corrected chi connectivity index (χ4v) is 2.40. The second-order valence-corrected chi connectivity index (χ2v) is 5.16. The van der Waals surface area contributed by atoms with Crippen molar-refractivity contribution in [3.63, 3.8) is 0 Å². The van der Waals surface area contributed by atoms with Crippen LogP contribution in [0, 0.1) is 0 Å². The van der Waals surface area contributed by atoms with E-state index in [1.807, 2.05) is 37.3 Å². The molecule has 6 heteroatoms. The van der Waals surface area contributed by atoms with Gasteiger partial charge >= 0.3 is 5.97 Å². The van der Waals surface area contributed by atoms with Crippen LogP contribution < -0.4 is 5.43 Å². The van der Waals surface area contributed by atoms with Crippen LogP contribution in [0.3, 0.4) is 0 Å². The first-order valence-electron chi connectivity index (χ1n) is 7.46. The van der Waals surface area contributed by atoms with Crippen LogP contribution in [0.5, 0.6) is 0 Å². The molecule has 1 N–H and O–H groups in total. The lowest BCUT2D eigenvalue weighted by Crippen LogP contribution is -2.19. The number of aryl methyl sites for hydroxylation is 1. The van der Waals surface area contributed by atoms with Crippen LogP contribution in [0.25, 0.3) is 11.0 Å². The maximum absolute atomic E-state index is 12.3. The molecule has 0 aliphatic rings. The van der Waals surface area contributed by atoms with Crippen LogP contribution in [0.2, 0.25) is 0 Å². The van der Waals surface area contributed by atoms with Gasteiger partial charge in [-0.25, -0.2) is 9.78 Å². The molecule has 1 aromatic carbocycles. The zero-order valence-corrected chi connectivity index (χ0v) is 13.0. The number of benzene rings is 1. The van der Waals surface area contributed by atoms with Crippen molar-refractivity contribution in [3.05, 3.63) is 70.1 Å². The topological polar surface area (TPSA) is 84.5 Å². The molecule has 0 bridgehead atoms. The first-order chi connectivity index (χ1) is 11.6. The summed E-state index contributed by atoms with van der Waals surface area (Å²) < 4.78 is 1.65. The molecule has 120 valence electrons. The van der Waals surface area contributed by atoms with E-state index in [4.69, 9.17) is 5.11 Å². The van der Waals surface area contributed by atoms with Crippen molar-refractivity contribution >= 4 is 28.9 Å². The predicted octanol–water partition coefficient (Wildman–Crippen LogP) is 2.87. The first kappa shape index (κ1) is 15.6. The zero-order valence-electron chi connectivity index (χ0n) is 13.0. The highest BCUT2D eigenvalue weighted by molar-refractivity contribution is 5.92. The van der Waals surface area contributed by atoms with Crippen LogP contribution in [0.15, 0.2) is 58.4 Å². The second kappa shape index (κ2) is 6.45. The van der Waals surface area contributed by atoms with E-state index in [1.54, 1.807) is 22.9 Å². The predicted molar refractivity (Wildman–Crippen MR) is 92.3 cm³/mol. The first-order valence-corrected chi connectivity index (χ1v) is 7.46. The van der Waals surface area contributed by atoms with Gasteiger partial charge in [-0.3, -0.25) is 9.79 Å². The van der Waals surface area contributed by atoms with Crippen molar-refractivity contribution in [3.8, 4) is 0 Å². The summed E-state index contributed by atoms with van der Waals surface area (Å²) in [6.07, 6.45) is 2.95. The van der Waals surface area contributed by atoms with Gasteiger partial charge in [0.2, 0.25) is 5.43 Å². The number of aromatic carboxylic acids is 1. The fourth-order valence-electron chi connectivity index (χ4n) is 2.40. The van der Waals surface area contributed by atoms with E-state index in [0.29, 0.717) is 17.9 Å². The minimum Gasteiger partial charge on any atom is -0.477 e. The molecule has 24 heavy (non-hydrogen) atoms. The molecular weight excluding hydrogens is 306 g/mol. The Bertz CT molecular complexity index is 992. The monoisotopic (exact) mass is 321 g/mol. The average molecular weight is 321 g/mol. The molecule has 2 aromatic heterocycles. The van der Waals surface area contributed by atoms with Gasteiger partial charge in [0.15, 0.2) is 0 Å². The van der Waals surface area contributed by atoms with Crippen molar-refractivity contribution in [1.82, 2.24) is 9.55 Å². The number of aliphatic imine (C=N–C) groups is 1. The molecule has 0 fully saturated rings. The molecule has 0 amide bonds. The van der Waals surface area contributed by atoms with Gasteiger partial charge < -0.3 is 9.67 Å². The molecule has 0 atom stereocenters. The van der Waals surface area contributed by atoms with Gasteiger partial charge in [-0.05, 0) is 31.2 Å². The number of rotatable bonds is 4. The molecule has 0 spiro atoms. The molecule has 3 rings (SSSR count). The van der Waals surface area contributed by atoms with E-state index in [1.165, 1.54) is 6.20 Å². The molecule has 0 saturated carbocycles. The van der Waals surface area contributed by atoms with E-state index in [2.05, 4.69) is 9.98 Å². The van der Waals surface area contributed by atoms with Gasteiger partial charge in [-0.2, -0.15) is 0 Å². The number of aromatic nitrogens is 2.